The number of aromatic nitrogens is 1. The summed E-state index contributed by atoms with van der Waals surface area (Å²) in [5.41, 5.74) is 5.78. The number of amides is 1. The summed E-state index contributed by atoms with van der Waals surface area (Å²) in [6.45, 7) is 1.56. The van der Waals surface area contributed by atoms with E-state index in [0.29, 0.717) is 43.9 Å². The van der Waals surface area contributed by atoms with Gasteiger partial charge in [0.25, 0.3) is 0 Å². The molecule has 9 heteroatoms. The number of nitrogens with zero attached hydrogens (tertiary/aromatic N) is 2. The molecule has 1 amide bonds. The third-order valence-electron chi connectivity index (χ3n) is 3.50. The van der Waals surface area contributed by atoms with Crippen molar-refractivity contribution in [2.45, 2.75) is 29.4 Å². The molecule has 3 N–H and O–H groups in total. The predicted octanol–water partition coefficient (Wildman–Crippen LogP) is -0.0123. The Hall–Kier alpha value is -1.35. The van der Waals surface area contributed by atoms with E-state index in [9.17, 15) is 13.2 Å². The van der Waals surface area contributed by atoms with Gasteiger partial charge in [-0.2, -0.15) is 4.37 Å². The van der Waals surface area contributed by atoms with E-state index in [2.05, 4.69) is 9.69 Å². The lowest BCUT2D eigenvalue weighted by Crippen LogP contribution is -2.29. The minimum atomic E-state index is -3.38. The molecule has 0 radical (unpaired) electrons. The van der Waals surface area contributed by atoms with Crippen LogP contribution in [-0.2, 0) is 14.6 Å². The predicted molar refractivity (Wildman–Crippen MR) is 76.6 cm³/mol. The quantitative estimate of drug-likeness (QED) is 0.812. The zero-order chi connectivity index (χ0) is 14.3. The number of carbonyl (C=O) groups is 1. The molecule has 1 aromatic heterocycles. The first kappa shape index (κ1) is 13.6. The Bertz CT molecular complexity index is 636. The summed E-state index contributed by atoms with van der Waals surface area (Å²) in [5, 5.41) is 3.03. The van der Waals surface area contributed by atoms with E-state index in [4.69, 9.17) is 5.73 Å². The molecule has 20 heavy (non-hydrogen) atoms. The minimum Gasteiger partial charge on any atom is -0.382 e. The Kier molecular flexibility index (Phi) is 3.33. The summed E-state index contributed by atoms with van der Waals surface area (Å²) in [7, 11) is -3.38. The second-order valence-corrected chi connectivity index (χ2v) is 7.95. The fourth-order valence-corrected chi connectivity index (χ4v) is 5.35. The molecule has 2 heterocycles. The highest BCUT2D eigenvalue weighted by atomic mass is 32.2. The summed E-state index contributed by atoms with van der Waals surface area (Å²) in [4.78, 5) is 13.4. The van der Waals surface area contributed by atoms with Crippen LogP contribution in [0.25, 0.3) is 0 Å². The molecule has 0 spiro atoms. The molecule has 3 rings (SSSR count). The summed E-state index contributed by atoms with van der Waals surface area (Å²) >= 11 is 1.10. The largest absolute Gasteiger partial charge is 0.382 e. The Morgan fingerprint density at radius 2 is 2.10 bits per heavy atom. The molecule has 1 saturated carbocycles. The molecular formula is C11H16N4O3S2. The molecule has 0 unspecified atom stereocenters. The maximum Gasteiger partial charge on any atom is 0.221 e. The molecule has 1 aliphatic carbocycles. The first-order valence-corrected chi connectivity index (χ1v) is 8.83. The molecule has 1 aromatic rings. The molecule has 0 atom stereocenters. The van der Waals surface area contributed by atoms with Crippen molar-refractivity contribution in [2.75, 3.05) is 30.3 Å². The minimum absolute atomic E-state index is 0.0170. The molecular weight excluding hydrogens is 300 g/mol. The lowest BCUT2D eigenvalue weighted by molar-refractivity contribution is -0.120. The SMILES string of the molecule is Nc1nsc(N2CCNC(=O)CC2)c1S(=O)(=O)C1CC1. The van der Waals surface area contributed by atoms with Gasteiger partial charge in [0, 0.05) is 26.1 Å². The average Bonchev–Trinajstić information content (AvgIpc) is 3.18. The van der Waals surface area contributed by atoms with Crippen LogP contribution < -0.4 is 16.0 Å². The third-order valence-corrected chi connectivity index (χ3v) is 6.88. The van der Waals surface area contributed by atoms with Gasteiger partial charge in [0.05, 0.1) is 5.25 Å². The number of nitrogen functional groups attached to an aromatic ring is 1. The van der Waals surface area contributed by atoms with Crippen LogP contribution in [0.2, 0.25) is 0 Å². The Labute approximate surface area is 121 Å². The van der Waals surface area contributed by atoms with Crippen molar-refractivity contribution < 1.29 is 13.2 Å². The monoisotopic (exact) mass is 316 g/mol. The zero-order valence-corrected chi connectivity index (χ0v) is 12.5. The van der Waals surface area contributed by atoms with E-state index in [1.807, 2.05) is 4.90 Å². The van der Waals surface area contributed by atoms with Gasteiger partial charge in [-0.25, -0.2) is 8.42 Å². The van der Waals surface area contributed by atoms with E-state index < -0.39 is 9.84 Å². The van der Waals surface area contributed by atoms with Crippen molar-refractivity contribution in [2.24, 2.45) is 0 Å². The molecule has 1 saturated heterocycles. The number of hydrogen-bond donors (Lipinski definition) is 2. The standard InChI is InChI=1S/C11H16N4O3S2/c12-10-9(20(17,18)7-1-2-7)11(19-14-10)15-5-3-8(16)13-4-6-15/h7H,1-6H2,(H2,12,14)(H,13,16). The van der Waals surface area contributed by atoms with Gasteiger partial charge in [-0.05, 0) is 24.4 Å². The van der Waals surface area contributed by atoms with Gasteiger partial charge in [-0.15, -0.1) is 0 Å². The van der Waals surface area contributed by atoms with Gasteiger partial charge in [0.1, 0.15) is 9.90 Å². The van der Waals surface area contributed by atoms with Crippen LogP contribution in [-0.4, -0.2) is 43.6 Å². The maximum absolute atomic E-state index is 12.5. The van der Waals surface area contributed by atoms with E-state index in [-0.39, 0.29) is 21.9 Å². The third kappa shape index (κ3) is 2.35. The van der Waals surface area contributed by atoms with Crippen molar-refractivity contribution in [1.29, 1.82) is 0 Å². The number of nitrogens with two attached hydrogens (primary N) is 1. The summed E-state index contributed by atoms with van der Waals surface area (Å²) in [6.07, 6.45) is 1.73. The van der Waals surface area contributed by atoms with Crippen LogP contribution in [0.4, 0.5) is 10.8 Å². The highest BCUT2D eigenvalue weighted by molar-refractivity contribution is 7.92. The van der Waals surface area contributed by atoms with Crippen LogP contribution in [0.3, 0.4) is 0 Å². The van der Waals surface area contributed by atoms with Gasteiger partial charge < -0.3 is 16.0 Å². The lowest BCUT2D eigenvalue weighted by atomic mass is 10.4. The van der Waals surface area contributed by atoms with Gasteiger partial charge in [-0.3, -0.25) is 4.79 Å². The van der Waals surface area contributed by atoms with E-state index in [0.717, 1.165) is 11.5 Å². The van der Waals surface area contributed by atoms with Gasteiger partial charge >= 0.3 is 0 Å². The number of sulfone groups is 1. The number of anilines is 2. The molecule has 7 nitrogen and oxygen atoms in total. The first-order valence-electron chi connectivity index (χ1n) is 6.51. The Morgan fingerprint density at radius 1 is 1.35 bits per heavy atom. The molecule has 2 fully saturated rings. The van der Waals surface area contributed by atoms with Crippen LogP contribution in [0.5, 0.6) is 0 Å². The van der Waals surface area contributed by atoms with Crippen molar-refractivity contribution >= 4 is 38.1 Å². The number of rotatable bonds is 3. The van der Waals surface area contributed by atoms with Crippen LogP contribution in [0, 0.1) is 0 Å². The number of carbonyl (C=O) groups excluding carboxylic acids is 1. The maximum atomic E-state index is 12.5. The van der Waals surface area contributed by atoms with Crippen LogP contribution in [0.1, 0.15) is 19.3 Å². The average molecular weight is 316 g/mol. The lowest BCUT2D eigenvalue weighted by Gasteiger charge is -2.20. The molecule has 0 bridgehead atoms. The fourth-order valence-electron chi connectivity index (χ4n) is 2.27. The summed E-state index contributed by atoms with van der Waals surface area (Å²) in [6, 6.07) is 0. The second-order valence-electron chi connectivity index (χ2n) is 5.03. The van der Waals surface area contributed by atoms with Crippen LogP contribution in [0.15, 0.2) is 4.90 Å². The smallest absolute Gasteiger partial charge is 0.221 e. The first-order chi connectivity index (χ1) is 9.50. The zero-order valence-electron chi connectivity index (χ0n) is 10.8. The molecule has 0 aromatic carbocycles. The normalized spacial score (nSPS) is 20.6. The highest BCUT2D eigenvalue weighted by Gasteiger charge is 2.41. The summed E-state index contributed by atoms with van der Waals surface area (Å²) in [5.74, 6) is 0.0667. The molecule has 1 aliphatic heterocycles. The Balaban J connectivity index is 1.96. The van der Waals surface area contributed by atoms with E-state index >= 15 is 0 Å². The number of nitrogens with one attached hydrogen (secondary N) is 1. The highest BCUT2D eigenvalue weighted by Crippen LogP contribution is 2.42. The Morgan fingerprint density at radius 3 is 2.80 bits per heavy atom. The van der Waals surface area contributed by atoms with Crippen molar-refractivity contribution in [1.82, 2.24) is 9.69 Å². The number of hydrogen-bond acceptors (Lipinski definition) is 7. The molecule has 2 aliphatic rings. The summed E-state index contributed by atoms with van der Waals surface area (Å²) < 4.78 is 28.9. The van der Waals surface area contributed by atoms with E-state index in [1.54, 1.807) is 0 Å². The van der Waals surface area contributed by atoms with Crippen molar-refractivity contribution in [3.8, 4) is 0 Å². The van der Waals surface area contributed by atoms with Gasteiger partial charge in [-0.1, -0.05) is 0 Å². The fraction of sp³-hybridized carbons (Fsp3) is 0.636. The second kappa shape index (κ2) is 4.88. The van der Waals surface area contributed by atoms with Crippen molar-refractivity contribution in [3.05, 3.63) is 0 Å². The van der Waals surface area contributed by atoms with Gasteiger partial charge in [0.15, 0.2) is 15.7 Å². The molecule has 110 valence electrons. The topological polar surface area (TPSA) is 105 Å². The van der Waals surface area contributed by atoms with Gasteiger partial charge in [0.2, 0.25) is 5.91 Å². The van der Waals surface area contributed by atoms with E-state index in [1.165, 1.54) is 0 Å². The van der Waals surface area contributed by atoms with Crippen LogP contribution >= 0.6 is 11.5 Å². The van der Waals surface area contributed by atoms with Crippen molar-refractivity contribution in [3.63, 3.8) is 0 Å².